The van der Waals surface area contributed by atoms with E-state index in [2.05, 4.69) is 16.0 Å². The molecule has 0 saturated carbocycles. The number of hydrogen-bond acceptors (Lipinski definition) is 7. The Balaban J connectivity index is 5.57. The van der Waals surface area contributed by atoms with E-state index in [1.165, 1.54) is 6.92 Å². The highest BCUT2D eigenvalue weighted by molar-refractivity contribution is 5.95. The Morgan fingerprint density at radius 3 is 1.81 bits per heavy atom. The molecule has 0 fully saturated rings. The number of carboxylic acid groups (broad SMARTS) is 1. The molecular formula is C20H37N5O7. The largest absolute Gasteiger partial charge is 0.480 e. The maximum atomic E-state index is 12.9. The Morgan fingerprint density at radius 1 is 0.875 bits per heavy atom. The van der Waals surface area contributed by atoms with Crippen molar-refractivity contribution in [1.29, 1.82) is 0 Å². The van der Waals surface area contributed by atoms with Crippen molar-refractivity contribution < 1.29 is 34.2 Å². The molecule has 0 aliphatic heterocycles. The zero-order valence-corrected chi connectivity index (χ0v) is 19.3. The second-order valence-electron chi connectivity index (χ2n) is 8.40. The number of aliphatic hydroxyl groups excluding tert-OH is 1. The number of nitrogens with one attached hydrogen (secondary N) is 3. The predicted octanol–water partition coefficient (Wildman–Crippen LogP) is -1.80. The van der Waals surface area contributed by atoms with E-state index >= 15 is 0 Å². The first kappa shape index (κ1) is 29.3. The van der Waals surface area contributed by atoms with Crippen LogP contribution in [0.3, 0.4) is 0 Å². The van der Waals surface area contributed by atoms with Gasteiger partial charge in [0.25, 0.3) is 0 Å². The van der Waals surface area contributed by atoms with E-state index < -0.39 is 66.3 Å². The van der Waals surface area contributed by atoms with Crippen LogP contribution in [0.5, 0.6) is 0 Å². The van der Waals surface area contributed by atoms with Crippen LogP contribution in [0.4, 0.5) is 0 Å². The third-order valence-corrected chi connectivity index (χ3v) is 4.94. The molecule has 4 amide bonds. The average molecular weight is 460 g/mol. The number of rotatable bonds is 14. The highest BCUT2D eigenvalue weighted by atomic mass is 16.4. The second kappa shape index (κ2) is 13.6. The molecule has 0 rings (SSSR count). The molecule has 184 valence electrons. The minimum atomic E-state index is -1.55. The quantitative estimate of drug-likeness (QED) is 0.157. The van der Waals surface area contributed by atoms with Gasteiger partial charge < -0.3 is 37.6 Å². The second-order valence-corrected chi connectivity index (χ2v) is 8.40. The van der Waals surface area contributed by atoms with Gasteiger partial charge in [0.2, 0.25) is 23.6 Å². The van der Waals surface area contributed by atoms with E-state index in [9.17, 15) is 34.2 Å². The molecule has 0 aromatic carbocycles. The lowest BCUT2D eigenvalue weighted by molar-refractivity contribution is -0.145. The van der Waals surface area contributed by atoms with Crippen LogP contribution in [0.1, 0.15) is 53.9 Å². The lowest BCUT2D eigenvalue weighted by Gasteiger charge is -2.29. The smallest absolute Gasteiger partial charge is 0.328 e. The van der Waals surface area contributed by atoms with Crippen LogP contribution in [0.2, 0.25) is 0 Å². The molecule has 0 aromatic heterocycles. The fourth-order valence-corrected chi connectivity index (χ4v) is 2.88. The van der Waals surface area contributed by atoms with Crippen molar-refractivity contribution in [3.05, 3.63) is 0 Å². The third-order valence-electron chi connectivity index (χ3n) is 4.94. The van der Waals surface area contributed by atoms with Crippen molar-refractivity contribution in [3.8, 4) is 0 Å². The van der Waals surface area contributed by atoms with E-state index in [0.29, 0.717) is 6.42 Å². The van der Waals surface area contributed by atoms with E-state index in [1.807, 2.05) is 13.8 Å². The number of aliphatic carboxylic acids is 1. The van der Waals surface area contributed by atoms with Crippen molar-refractivity contribution in [1.82, 2.24) is 16.0 Å². The molecule has 0 spiro atoms. The topological polar surface area (TPSA) is 214 Å². The molecule has 0 radical (unpaired) electrons. The molecule has 0 bridgehead atoms. The van der Waals surface area contributed by atoms with E-state index in [1.54, 1.807) is 13.8 Å². The van der Waals surface area contributed by atoms with Gasteiger partial charge in [-0.1, -0.05) is 34.1 Å². The summed E-state index contributed by atoms with van der Waals surface area (Å²) in [5, 5.41) is 26.1. The summed E-state index contributed by atoms with van der Waals surface area (Å²) in [5.74, 6) is -4.76. The average Bonchev–Trinajstić information content (AvgIpc) is 2.67. The SMILES string of the molecule is CCC(C)C(NC(=O)C(CC(C)C)NC(=O)C(N)CC(N)=O)C(=O)NC(C(=O)O)C(C)O. The van der Waals surface area contributed by atoms with Gasteiger partial charge in [0, 0.05) is 0 Å². The number of carboxylic acids is 1. The fraction of sp³-hybridized carbons (Fsp3) is 0.750. The van der Waals surface area contributed by atoms with Crippen LogP contribution < -0.4 is 27.4 Å². The van der Waals surface area contributed by atoms with Gasteiger partial charge in [-0.3, -0.25) is 19.2 Å². The lowest BCUT2D eigenvalue weighted by atomic mass is 9.96. The van der Waals surface area contributed by atoms with E-state index in [-0.39, 0.29) is 18.3 Å². The minimum absolute atomic E-state index is 0.0130. The van der Waals surface area contributed by atoms with E-state index in [4.69, 9.17) is 11.5 Å². The van der Waals surface area contributed by atoms with Gasteiger partial charge in [-0.25, -0.2) is 4.79 Å². The Kier molecular flexibility index (Phi) is 12.5. The monoisotopic (exact) mass is 459 g/mol. The Morgan fingerprint density at radius 2 is 1.41 bits per heavy atom. The number of aliphatic hydroxyl groups is 1. The molecule has 6 unspecified atom stereocenters. The summed E-state index contributed by atoms with van der Waals surface area (Å²) < 4.78 is 0. The van der Waals surface area contributed by atoms with Crippen LogP contribution >= 0.6 is 0 Å². The Hall–Kier alpha value is -2.73. The maximum Gasteiger partial charge on any atom is 0.328 e. The van der Waals surface area contributed by atoms with Crippen molar-refractivity contribution in [2.45, 2.75) is 84.2 Å². The maximum absolute atomic E-state index is 12.9. The van der Waals surface area contributed by atoms with Gasteiger partial charge in [0.1, 0.15) is 12.1 Å². The normalized spacial score (nSPS) is 16.8. The van der Waals surface area contributed by atoms with Crippen molar-refractivity contribution >= 4 is 29.6 Å². The number of amides is 4. The van der Waals surface area contributed by atoms with Crippen LogP contribution in [0.25, 0.3) is 0 Å². The number of nitrogens with two attached hydrogens (primary N) is 2. The first-order valence-corrected chi connectivity index (χ1v) is 10.6. The number of hydrogen-bond donors (Lipinski definition) is 7. The minimum Gasteiger partial charge on any atom is -0.480 e. The van der Waals surface area contributed by atoms with Gasteiger partial charge >= 0.3 is 5.97 Å². The van der Waals surface area contributed by atoms with Crippen molar-refractivity contribution in [3.63, 3.8) is 0 Å². The first-order valence-electron chi connectivity index (χ1n) is 10.6. The molecule has 9 N–H and O–H groups in total. The van der Waals surface area contributed by atoms with Gasteiger partial charge in [-0.2, -0.15) is 0 Å². The van der Waals surface area contributed by atoms with Gasteiger partial charge in [0.15, 0.2) is 6.04 Å². The van der Waals surface area contributed by atoms with Gasteiger partial charge in [-0.15, -0.1) is 0 Å². The summed E-state index contributed by atoms with van der Waals surface area (Å²) in [4.78, 5) is 60.3. The molecule has 0 aliphatic rings. The summed E-state index contributed by atoms with van der Waals surface area (Å²) in [7, 11) is 0. The summed E-state index contributed by atoms with van der Waals surface area (Å²) in [6.45, 7) is 8.36. The molecule has 32 heavy (non-hydrogen) atoms. The van der Waals surface area contributed by atoms with Crippen LogP contribution in [-0.4, -0.2) is 70.1 Å². The standard InChI is InChI=1S/C20H37N5O7/c1-6-10(4)15(19(30)25-16(11(5)26)20(31)32)24-18(29)13(7-9(2)3)23-17(28)12(21)8-14(22)27/h9-13,15-16,26H,6-8,21H2,1-5H3,(H2,22,27)(H,23,28)(H,24,29)(H,25,30)(H,31,32). The molecule has 0 aromatic rings. The summed E-state index contributed by atoms with van der Waals surface area (Å²) in [6.07, 6.45) is -1.05. The molecule has 0 saturated heterocycles. The van der Waals surface area contributed by atoms with Gasteiger partial charge in [0.05, 0.1) is 18.6 Å². The molecule has 12 heteroatoms. The molecular weight excluding hydrogens is 422 g/mol. The van der Waals surface area contributed by atoms with Crippen LogP contribution in [0, 0.1) is 11.8 Å². The Labute approximate surface area is 187 Å². The van der Waals surface area contributed by atoms with Gasteiger partial charge in [-0.05, 0) is 25.2 Å². The molecule has 12 nitrogen and oxygen atoms in total. The highest BCUT2D eigenvalue weighted by Crippen LogP contribution is 2.12. The zero-order valence-electron chi connectivity index (χ0n) is 19.3. The molecule has 0 heterocycles. The zero-order chi connectivity index (χ0) is 25.2. The first-order chi connectivity index (χ1) is 14.7. The third kappa shape index (κ3) is 10.1. The summed E-state index contributed by atoms with van der Waals surface area (Å²) in [6, 6.07) is -4.94. The van der Waals surface area contributed by atoms with Crippen molar-refractivity contribution in [2.24, 2.45) is 23.3 Å². The fourth-order valence-electron chi connectivity index (χ4n) is 2.88. The summed E-state index contributed by atoms with van der Waals surface area (Å²) in [5.41, 5.74) is 10.7. The number of primary amides is 1. The predicted molar refractivity (Wildman–Crippen MR) is 116 cm³/mol. The van der Waals surface area contributed by atoms with Crippen LogP contribution in [0.15, 0.2) is 0 Å². The molecule has 6 atom stereocenters. The lowest BCUT2D eigenvalue weighted by Crippen LogP contribution is -2.60. The van der Waals surface area contributed by atoms with Crippen molar-refractivity contribution in [2.75, 3.05) is 0 Å². The highest BCUT2D eigenvalue weighted by Gasteiger charge is 2.34. The van der Waals surface area contributed by atoms with Crippen LogP contribution in [-0.2, 0) is 24.0 Å². The summed E-state index contributed by atoms with van der Waals surface area (Å²) >= 11 is 0. The number of carbonyl (C=O) groups excluding carboxylic acids is 4. The number of carbonyl (C=O) groups is 5. The van der Waals surface area contributed by atoms with E-state index in [0.717, 1.165) is 0 Å². The molecule has 0 aliphatic carbocycles. The Bertz CT molecular complexity index is 683.